The molecule has 2 aromatic heterocycles. The molecular weight excluding hydrogens is 499 g/mol. The minimum absolute atomic E-state index is 0.0721. The normalized spacial score (nSPS) is 11.9. The molecule has 3 aromatic rings. The third kappa shape index (κ3) is 4.92. The number of allylic oxidation sites excluding steroid dienone is 2. The van der Waals surface area contributed by atoms with E-state index in [0.717, 1.165) is 9.13 Å². The lowest BCUT2D eigenvalue weighted by Gasteiger charge is -2.11. The van der Waals surface area contributed by atoms with Crippen LogP contribution in [0.4, 0.5) is 0 Å². The van der Waals surface area contributed by atoms with E-state index in [-0.39, 0.29) is 16.1 Å². The number of ketones is 1. The molecule has 0 saturated heterocycles. The minimum atomic E-state index is -0.398. The van der Waals surface area contributed by atoms with E-state index in [1.54, 1.807) is 24.4 Å². The summed E-state index contributed by atoms with van der Waals surface area (Å²) in [6.07, 6.45) is 8.22. The number of aromatic nitrogens is 2. The van der Waals surface area contributed by atoms with Crippen molar-refractivity contribution in [2.45, 2.75) is 13.5 Å². The molecular formula is C23H18ClIN2O2. The Morgan fingerprint density at radius 2 is 2.10 bits per heavy atom. The van der Waals surface area contributed by atoms with Gasteiger partial charge in [-0.2, -0.15) is 0 Å². The Morgan fingerprint density at radius 1 is 1.31 bits per heavy atom. The van der Waals surface area contributed by atoms with Gasteiger partial charge in [0.25, 0.3) is 0 Å². The highest BCUT2D eigenvalue weighted by Crippen LogP contribution is 2.11. The number of pyridine rings is 2. The second kappa shape index (κ2) is 9.33. The zero-order valence-electron chi connectivity index (χ0n) is 15.7. The Morgan fingerprint density at radius 3 is 2.76 bits per heavy atom. The van der Waals surface area contributed by atoms with Crippen molar-refractivity contribution in [3.8, 4) is 0 Å². The molecule has 0 aliphatic rings. The number of carbonyl (C=O) groups excluding carboxylic acids is 1. The first-order valence-electron chi connectivity index (χ1n) is 8.87. The zero-order chi connectivity index (χ0) is 21.0. The average Bonchev–Trinajstić information content (AvgIpc) is 2.70. The molecule has 0 aliphatic carbocycles. The van der Waals surface area contributed by atoms with Crippen LogP contribution >= 0.6 is 34.2 Å². The standard InChI is InChI=1S/C23H18ClIN2O2/c1-3-4-8-19-15(2)27(13-16-6-5-7-18(25)11-16)14-20(23(19)29)22(28)17-9-10-21(24)26-12-17/h3-12,14H,2,13H2,1H3/b4-3-,19-8+. The van der Waals surface area contributed by atoms with Crippen molar-refractivity contribution in [2.75, 3.05) is 0 Å². The summed E-state index contributed by atoms with van der Waals surface area (Å²) in [5.41, 5.74) is 1.07. The summed E-state index contributed by atoms with van der Waals surface area (Å²) in [5, 5.41) is 1.23. The molecule has 0 radical (unpaired) electrons. The number of nitrogens with zero attached hydrogens (tertiary/aromatic N) is 2. The summed E-state index contributed by atoms with van der Waals surface area (Å²) in [5.74, 6) is -0.398. The van der Waals surface area contributed by atoms with Crippen molar-refractivity contribution < 1.29 is 4.79 Å². The van der Waals surface area contributed by atoms with Crippen LogP contribution in [-0.4, -0.2) is 15.3 Å². The van der Waals surface area contributed by atoms with Gasteiger partial charge in [0, 0.05) is 38.6 Å². The van der Waals surface area contributed by atoms with Gasteiger partial charge in [0.2, 0.25) is 5.43 Å². The monoisotopic (exact) mass is 516 g/mol. The van der Waals surface area contributed by atoms with E-state index in [4.69, 9.17) is 11.6 Å². The Balaban J connectivity index is 2.20. The number of rotatable bonds is 5. The molecule has 4 nitrogen and oxygen atoms in total. The zero-order valence-corrected chi connectivity index (χ0v) is 18.6. The second-order valence-electron chi connectivity index (χ2n) is 6.38. The van der Waals surface area contributed by atoms with E-state index in [1.807, 2.05) is 35.8 Å². The van der Waals surface area contributed by atoms with E-state index in [2.05, 4.69) is 40.2 Å². The van der Waals surface area contributed by atoms with Crippen molar-refractivity contribution in [2.24, 2.45) is 0 Å². The van der Waals surface area contributed by atoms with Crippen molar-refractivity contribution in [1.29, 1.82) is 0 Å². The van der Waals surface area contributed by atoms with Crippen LogP contribution in [0, 0.1) is 3.57 Å². The summed E-state index contributed by atoms with van der Waals surface area (Å²) in [6, 6.07) is 11.1. The lowest BCUT2D eigenvalue weighted by molar-refractivity contribution is 0.103. The molecule has 146 valence electrons. The fourth-order valence-electron chi connectivity index (χ4n) is 2.89. The molecule has 0 atom stereocenters. The lowest BCUT2D eigenvalue weighted by Crippen LogP contribution is -2.47. The fourth-order valence-corrected chi connectivity index (χ4v) is 3.61. The first-order valence-corrected chi connectivity index (χ1v) is 10.3. The maximum Gasteiger partial charge on any atom is 0.200 e. The summed E-state index contributed by atoms with van der Waals surface area (Å²) in [6.45, 7) is 6.44. The van der Waals surface area contributed by atoms with E-state index < -0.39 is 5.78 Å². The van der Waals surface area contributed by atoms with E-state index in [0.29, 0.717) is 22.7 Å². The maximum atomic E-state index is 13.0. The van der Waals surface area contributed by atoms with Crippen molar-refractivity contribution >= 4 is 52.6 Å². The molecule has 0 bridgehead atoms. The van der Waals surface area contributed by atoms with Crippen LogP contribution in [0.1, 0.15) is 28.4 Å². The second-order valence-corrected chi connectivity index (χ2v) is 8.01. The highest BCUT2D eigenvalue weighted by molar-refractivity contribution is 14.1. The number of hydrogen-bond acceptors (Lipinski definition) is 3. The Labute approximate surface area is 187 Å². The first-order chi connectivity index (χ1) is 13.9. The van der Waals surface area contributed by atoms with Gasteiger partial charge >= 0.3 is 0 Å². The molecule has 1 aromatic carbocycles. The van der Waals surface area contributed by atoms with Gasteiger partial charge in [-0.3, -0.25) is 9.59 Å². The third-order valence-electron chi connectivity index (χ3n) is 4.36. The van der Waals surface area contributed by atoms with Crippen LogP contribution in [-0.2, 0) is 6.54 Å². The van der Waals surface area contributed by atoms with Crippen LogP contribution in [0.15, 0.2) is 65.7 Å². The topological polar surface area (TPSA) is 52.0 Å². The molecule has 0 fully saturated rings. The SMILES string of the molecule is C=c1/c(=C\C=C/C)c(=O)c(C(=O)c2ccc(Cl)nc2)cn1Cc1cccc(I)c1. The Kier molecular flexibility index (Phi) is 6.82. The third-order valence-corrected chi connectivity index (χ3v) is 5.26. The summed E-state index contributed by atoms with van der Waals surface area (Å²) in [4.78, 5) is 30.0. The van der Waals surface area contributed by atoms with E-state index in [9.17, 15) is 9.59 Å². The number of halogens is 2. The number of benzene rings is 1. The smallest absolute Gasteiger partial charge is 0.200 e. The first kappa shape index (κ1) is 21.2. The van der Waals surface area contributed by atoms with Gasteiger partial charge in [-0.25, -0.2) is 4.98 Å². The molecule has 29 heavy (non-hydrogen) atoms. The van der Waals surface area contributed by atoms with Gasteiger partial charge in [-0.15, -0.1) is 0 Å². The van der Waals surface area contributed by atoms with E-state index in [1.165, 1.54) is 12.3 Å². The molecule has 0 aliphatic heterocycles. The summed E-state index contributed by atoms with van der Waals surface area (Å²) < 4.78 is 2.94. The van der Waals surface area contributed by atoms with E-state index >= 15 is 0 Å². The Bertz CT molecular complexity index is 1260. The molecule has 6 heteroatoms. The van der Waals surface area contributed by atoms with Gasteiger partial charge in [-0.1, -0.05) is 42.5 Å². The molecule has 3 rings (SSSR count). The molecule has 0 amide bonds. The van der Waals surface area contributed by atoms with Gasteiger partial charge in [0.1, 0.15) is 5.15 Å². The van der Waals surface area contributed by atoms with Crippen LogP contribution in [0.25, 0.3) is 12.7 Å². The number of hydrogen-bond donors (Lipinski definition) is 0. The molecule has 0 unspecified atom stereocenters. The molecule has 0 saturated carbocycles. The average molecular weight is 517 g/mol. The fraction of sp³-hybridized carbons (Fsp3) is 0.0870. The maximum absolute atomic E-state index is 13.0. The Hall–Kier alpha value is -2.51. The summed E-state index contributed by atoms with van der Waals surface area (Å²) >= 11 is 8.07. The van der Waals surface area contributed by atoms with Gasteiger partial charge in [-0.05, 0) is 65.4 Å². The van der Waals surface area contributed by atoms with Gasteiger partial charge in [0.15, 0.2) is 5.78 Å². The molecule has 0 N–H and O–H groups in total. The summed E-state index contributed by atoms with van der Waals surface area (Å²) in [7, 11) is 0. The van der Waals surface area contributed by atoms with Crippen LogP contribution in [0.3, 0.4) is 0 Å². The predicted molar refractivity (Wildman–Crippen MR) is 126 cm³/mol. The van der Waals surface area contributed by atoms with Gasteiger partial charge in [0.05, 0.1) is 5.56 Å². The van der Waals surface area contributed by atoms with Gasteiger partial charge < -0.3 is 4.57 Å². The minimum Gasteiger partial charge on any atom is -0.343 e. The molecule has 0 spiro atoms. The molecule has 2 heterocycles. The lowest BCUT2D eigenvalue weighted by atomic mass is 10.0. The highest BCUT2D eigenvalue weighted by Gasteiger charge is 2.16. The van der Waals surface area contributed by atoms with Crippen molar-refractivity contribution in [3.05, 3.63) is 107 Å². The predicted octanol–water partition coefficient (Wildman–Crippen LogP) is 3.55. The largest absolute Gasteiger partial charge is 0.343 e. The quantitative estimate of drug-likeness (QED) is 0.296. The number of carbonyl (C=O) groups is 1. The van der Waals surface area contributed by atoms with Crippen LogP contribution in [0.2, 0.25) is 5.15 Å². The highest BCUT2D eigenvalue weighted by atomic mass is 127. The van der Waals surface area contributed by atoms with Crippen LogP contribution < -0.4 is 16.0 Å². The van der Waals surface area contributed by atoms with Crippen LogP contribution in [0.5, 0.6) is 0 Å². The van der Waals surface area contributed by atoms with Crippen molar-refractivity contribution in [1.82, 2.24) is 9.55 Å². The van der Waals surface area contributed by atoms with Crippen molar-refractivity contribution in [3.63, 3.8) is 0 Å².